The summed E-state index contributed by atoms with van der Waals surface area (Å²) in [5.41, 5.74) is 6.24. The van der Waals surface area contributed by atoms with Gasteiger partial charge in [-0.3, -0.25) is 0 Å². The summed E-state index contributed by atoms with van der Waals surface area (Å²) in [4.78, 5) is 25.8. The highest BCUT2D eigenvalue weighted by Gasteiger charge is 2.36. The van der Waals surface area contributed by atoms with Gasteiger partial charge in [-0.15, -0.1) is 0 Å². The van der Waals surface area contributed by atoms with Gasteiger partial charge in [-0.05, 0) is 17.7 Å². The van der Waals surface area contributed by atoms with Crippen molar-refractivity contribution in [1.82, 2.24) is 13.9 Å². The molecule has 3 aromatic rings. The number of aromatic nitrogens is 3. The molecular formula is C18H13N5O2. The van der Waals surface area contributed by atoms with E-state index in [1.54, 1.807) is 54.6 Å². The second-order valence-corrected chi connectivity index (χ2v) is 5.62. The Morgan fingerprint density at radius 2 is 1.52 bits per heavy atom. The predicted molar refractivity (Wildman–Crippen MR) is 91.9 cm³/mol. The molecule has 0 amide bonds. The summed E-state index contributed by atoms with van der Waals surface area (Å²) in [5, 5.41) is 9.50. The molecular weight excluding hydrogens is 318 g/mol. The van der Waals surface area contributed by atoms with E-state index in [4.69, 9.17) is 5.73 Å². The first kappa shape index (κ1) is 14.8. The summed E-state index contributed by atoms with van der Waals surface area (Å²) in [6, 6.07) is 19.0. The third kappa shape index (κ3) is 1.98. The zero-order valence-electron chi connectivity index (χ0n) is 13.0. The van der Waals surface area contributed by atoms with Crippen molar-refractivity contribution in [3.8, 4) is 11.8 Å². The third-order valence-electron chi connectivity index (χ3n) is 4.25. The number of hydrogen-bond acceptors (Lipinski definition) is 4. The molecule has 122 valence electrons. The van der Waals surface area contributed by atoms with Gasteiger partial charge in [0.25, 0.3) is 0 Å². The number of nitriles is 1. The van der Waals surface area contributed by atoms with Gasteiger partial charge in [0.15, 0.2) is 0 Å². The maximum Gasteiger partial charge on any atom is 0.358 e. The van der Waals surface area contributed by atoms with Crippen LogP contribution >= 0.6 is 0 Å². The smallest absolute Gasteiger partial charge is 0.358 e. The van der Waals surface area contributed by atoms with Gasteiger partial charge < -0.3 is 5.73 Å². The molecule has 1 aliphatic heterocycles. The Labute approximate surface area is 142 Å². The standard InChI is InChI=1S/C18H13N5O2/c19-11-14-15(12-7-3-1-4-8-12)22-17(24)21(13-9-5-2-6-10-13)18(25)23(22)16(14)20/h1-10,15H,20H2. The van der Waals surface area contributed by atoms with Gasteiger partial charge in [-0.2, -0.15) is 9.94 Å². The lowest BCUT2D eigenvalue weighted by Crippen LogP contribution is -2.30. The first-order valence-corrected chi connectivity index (χ1v) is 7.62. The van der Waals surface area contributed by atoms with Gasteiger partial charge in [0.1, 0.15) is 23.5 Å². The molecule has 1 unspecified atom stereocenters. The molecule has 7 heteroatoms. The number of rotatable bonds is 2. The molecule has 1 aliphatic rings. The second-order valence-electron chi connectivity index (χ2n) is 5.62. The summed E-state index contributed by atoms with van der Waals surface area (Å²) in [6.07, 6.45) is 0. The summed E-state index contributed by atoms with van der Waals surface area (Å²) < 4.78 is 3.36. The van der Waals surface area contributed by atoms with Crippen molar-refractivity contribution < 1.29 is 0 Å². The lowest BCUT2D eigenvalue weighted by molar-refractivity contribution is 0.554. The third-order valence-corrected chi connectivity index (χ3v) is 4.25. The lowest BCUT2D eigenvalue weighted by Gasteiger charge is -2.12. The van der Waals surface area contributed by atoms with Gasteiger partial charge in [-0.1, -0.05) is 48.5 Å². The van der Waals surface area contributed by atoms with Crippen LogP contribution in [0.25, 0.3) is 11.5 Å². The van der Waals surface area contributed by atoms with E-state index in [9.17, 15) is 14.9 Å². The minimum absolute atomic E-state index is 0.0202. The Hall–Kier alpha value is -3.79. The Morgan fingerprint density at radius 1 is 0.920 bits per heavy atom. The number of nitrogens with two attached hydrogens (primary N) is 1. The van der Waals surface area contributed by atoms with Crippen LogP contribution in [-0.2, 0) is 0 Å². The van der Waals surface area contributed by atoms with Gasteiger partial charge >= 0.3 is 11.4 Å². The van der Waals surface area contributed by atoms with E-state index in [2.05, 4.69) is 0 Å². The van der Waals surface area contributed by atoms with E-state index < -0.39 is 17.4 Å². The van der Waals surface area contributed by atoms with Crippen LogP contribution < -0.4 is 17.1 Å². The molecule has 0 saturated carbocycles. The fraction of sp³-hybridized carbons (Fsp3) is 0.0556. The van der Waals surface area contributed by atoms with Crippen LogP contribution in [0.5, 0.6) is 0 Å². The fourth-order valence-electron chi connectivity index (χ4n) is 3.14. The minimum Gasteiger partial charge on any atom is -0.383 e. The molecule has 0 radical (unpaired) electrons. The van der Waals surface area contributed by atoms with Crippen LogP contribution in [0.3, 0.4) is 0 Å². The maximum absolute atomic E-state index is 13.0. The highest BCUT2D eigenvalue weighted by Crippen LogP contribution is 2.31. The van der Waals surface area contributed by atoms with E-state index in [1.165, 1.54) is 4.68 Å². The summed E-state index contributed by atoms with van der Waals surface area (Å²) in [5.74, 6) is -0.0202. The average Bonchev–Trinajstić information content (AvgIpc) is 3.09. The van der Waals surface area contributed by atoms with Gasteiger partial charge in [0, 0.05) is 0 Å². The van der Waals surface area contributed by atoms with Crippen LogP contribution in [0.2, 0.25) is 0 Å². The summed E-state index contributed by atoms with van der Waals surface area (Å²) in [7, 11) is 0. The zero-order valence-corrected chi connectivity index (χ0v) is 13.0. The molecule has 1 atom stereocenters. The molecule has 0 saturated heterocycles. The first-order chi connectivity index (χ1) is 12.1. The Morgan fingerprint density at radius 3 is 2.12 bits per heavy atom. The predicted octanol–water partition coefficient (Wildman–Crippen LogP) is 1.05. The maximum atomic E-state index is 13.0. The number of benzene rings is 2. The molecule has 0 fully saturated rings. The van der Waals surface area contributed by atoms with Crippen molar-refractivity contribution >= 4 is 5.82 Å². The number of para-hydroxylation sites is 1. The average molecular weight is 331 g/mol. The van der Waals surface area contributed by atoms with E-state index in [0.717, 1.165) is 9.25 Å². The van der Waals surface area contributed by atoms with Crippen molar-refractivity contribution in [1.29, 1.82) is 5.26 Å². The van der Waals surface area contributed by atoms with Gasteiger partial charge in [-0.25, -0.2) is 18.8 Å². The van der Waals surface area contributed by atoms with Crippen LogP contribution in [0, 0.1) is 11.3 Å². The molecule has 0 spiro atoms. The Kier molecular flexibility index (Phi) is 3.18. The minimum atomic E-state index is -0.726. The van der Waals surface area contributed by atoms with Gasteiger partial charge in [0.05, 0.1) is 5.69 Å². The molecule has 0 aliphatic carbocycles. The molecule has 25 heavy (non-hydrogen) atoms. The van der Waals surface area contributed by atoms with Gasteiger partial charge in [0.2, 0.25) is 0 Å². The van der Waals surface area contributed by atoms with Crippen LogP contribution in [0.1, 0.15) is 11.6 Å². The summed E-state index contributed by atoms with van der Waals surface area (Å²) >= 11 is 0. The topological polar surface area (TPSA) is 98.7 Å². The van der Waals surface area contributed by atoms with Crippen molar-refractivity contribution in [3.63, 3.8) is 0 Å². The van der Waals surface area contributed by atoms with Crippen molar-refractivity contribution in [2.75, 3.05) is 0 Å². The van der Waals surface area contributed by atoms with Crippen molar-refractivity contribution in [2.45, 2.75) is 6.04 Å². The van der Waals surface area contributed by atoms with Crippen LogP contribution in [0.15, 0.2) is 75.8 Å². The zero-order chi connectivity index (χ0) is 17.6. The quantitative estimate of drug-likeness (QED) is 0.759. The van der Waals surface area contributed by atoms with Crippen LogP contribution in [0.4, 0.5) is 0 Å². The number of nitrogens with zero attached hydrogens (tertiary/aromatic N) is 4. The fourth-order valence-corrected chi connectivity index (χ4v) is 3.14. The number of allylic oxidation sites excluding steroid dienone is 1. The van der Waals surface area contributed by atoms with E-state index >= 15 is 0 Å². The normalized spacial score (nSPS) is 15.9. The van der Waals surface area contributed by atoms with E-state index in [0.29, 0.717) is 11.3 Å². The number of hydrogen-bond donors (Lipinski definition) is 1. The van der Waals surface area contributed by atoms with E-state index in [1.807, 2.05) is 12.1 Å². The Balaban J connectivity index is 2.06. The summed E-state index contributed by atoms with van der Waals surface area (Å²) in [6.45, 7) is 0. The van der Waals surface area contributed by atoms with Crippen molar-refractivity contribution in [3.05, 3.63) is 92.8 Å². The SMILES string of the molecule is N#CC1=C(N)n2c(=O)n(-c3ccccc3)c(=O)n2C1c1ccccc1. The lowest BCUT2D eigenvalue weighted by atomic mass is 10.0. The molecule has 0 bridgehead atoms. The first-order valence-electron chi connectivity index (χ1n) is 7.62. The molecule has 4 rings (SSSR count). The van der Waals surface area contributed by atoms with Crippen molar-refractivity contribution in [2.24, 2.45) is 5.73 Å². The van der Waals surface area contributed by atoms with Crippen LogP contribution in [-0.4, -0.2) is 13.9 Å². The number of fused-ring (bicyclic) bond motifs is 1. The molecule has 1 aromatic heterocycles. The molecule has 2 N–H and O–H groups in total. The second kappa shape index (κ2) is 5.39. The highest BCUT2D eigenvalue weighted by molar-refractivity contribution is 5.60. The molecule has 2 aromatic carbocycles. The molecule has 7 nitrogen and oxygen atoms in total. The Bertz CT molecular complexity index is 1140. The molecule has 2 heterocycles. The monoisotopic (exact) mass is 331 g/mol. The highest BCUT2D eigenvalue weighted by atomic mass is 16.2. The van der Waals surface area contributed by atoms with E-state index in [-0.39, 0.29) is 11.4 Å². The largest absolute Gasteiger partial charge is 0.383 e.